The van der Waals surface area contributed by atoms with Gasteiger partial charge in [0.25, 0.3) is 0 Å². The van der Waals surface area contributed by atoms with Crippen molar-refractivity contribution in [3.8, 4) is 0 Å². The molecule has 2 aliphatic rings. The first-order valence-electron chi connectivity index (χ1n) is 5.84. The molecule has 2 fully saturated rings. The zero-order chi connectivity index (χ0) is 10.1. The second kappa shape index (κ2) is 3.92. The topological polar surface area (TPSA) is 26.3 Å². The first-order valence-corrected chi connectivity index (χ1v) is 5.84. The van der Waals surface area contributed by atoms with Gasteiger partial charge in [-0.05, 0) is 50.9 Å². The van der Waals surface area contributed by atoms with E-state index >= 15 is 0 Å². The highest BCUT2D eigenvalue weighted by Crippen LogP contribution is 2.49. The van der Waals surface area contributed by atoms with Gasteiger partial charge in [0.2, 0.25) is 0 Å². The number of fused-ring (bicyclic) bond motifs is 2. The molecule has 0 amide bonds. The highest BCUT2D eigenvalue weighted by Gasteiger charge is 2.40. The van der Waals surface area contributed by atoms with Crippen molar-refractivity contribution in [1.29, 1.82) is 0 Å². The van der Waals surface area contributed by atoms with Crippen LogP contribution in [0.25, 0.3) is 0 Å². The van der Waals surface area contributed by atoms with Crippen LogP contribution < -0.4 is 0 Å². The Morgan fingerprint density at radius 2 is 2.14 bits per heavy atom. The van der Waals surface area contributed by atoms with Crippen molar-refractivity contribution in [2.24, 2.45) is 17.8 Å². The van der Waals surface area contributed by atoms with Crippen molar-refractivity contribution in [3.05, 3.63) is 0 Å². The summed E-state index contributed by atoms with van der Waals surface area (Å²) in [6.07, 6.45) is 6.11. The van der Waals surface area contributed by atoms with Crippen LogP contribution in [0, 0.1) is 17.8 Å². The van der Waals surface area contributed by atoms with Crippen LogP contribution in [0.15, 0.2) is 0 Å². The number of hydrogen-bond acceptors (Lipinski definition) is 2. The molecule has 14 heavy (non-hydrogen) atoms. The molecule has 2 rings (SSSR count). The molecule has 0 aromatic carbocycles. The summed E-state index contributed by atoms with van der Waals surface area (Å²) in [5, 5.41) is 0. The zero-order valence-electron chi connectivity index (χ0n) is 9.16. The van der Waals surface area contributed by atoms with Gasteiger partial charge in [-0.2, -0.15) is 0 Å². The molecule has 3 atom stereocenters. The van der Waals surface area contributed by atoms with Crippen LogP contribution in [-0.2, 0) is 9.53 Å². The van der Waals surface area contributed by atoms with E-state index < -0.39 is 0 Å². The molecule has 0 aromatic heterocycles. The van der Waals surface area contributed by atoms with Gasteiger partial charge in [0, 0.05) is 6.42 Å². The van der Waals surface area contributed by atoms with Gasteiger partial charge in [-0.3, -0.25) is 4.79 Å². The standard InChI is InChI=1S/C12H20O2/c1-8(2)14-12(13)7-11-6-9-3-4-10(11)5-9/h8-11H,3-7H2,1-2H3. The minimum absolute atomic E-state index is 0.0116. The predicted molar refractivity (Wildman–Crippen MR) is 54.8 cm³/mol. The second-order valence-corrected chi connectivity index (χ2v) is 5.18. The van der Waals surface area contributed by atoms with E-state index in [2.05, 4.69) is 0 Å². The Labute approximate surface area is 86.0 Å². The van der Waals surface area contributed by atoms with Gasteiger partial charge < -0.3 is 4.74 Å². The Balaban J connectivity index is 1.78. The zero-order valence-corrected chi connectivity index (χ0v) is 9.16. The van der Waals surface area contributed by atoms with Gasteiger partial charge in [-0.1, -0.05) is 6.42 Å². The molecule has 0 N–H and O–H groups in total. The number of carbonyl (C=O) groups is 1. The van der Waals surface area contributed by atoms with Crippen molar-refractivity contribution >= 4 is 5.97 Å². The fourth-order valence-corrected chi connectivity index (χ4v) is 3.15. The summed E-state index contributed by atoms with van der Waals surface area (Å²) in [6.45, 7) is 3.83. The second-order valence-electron chi connectivity index (χ2n) is 5.18. The van der Waals surface area contributed by atoms with Crippen molar-refractivity contribution in [3.63, 3.8) is 0 Å². The Hall–Kier alpha value is -0.530. The van der Waals surface area contributed by atoms with Gasteiger partial charge in [0.05, 0.1) is 6.10 Å². The van der Waals surface area contributed by atoms with Gasteiger partial charge in [-0.25, -0.2) is 0 Å². The smallest absolute Gasteiger partial charge is 0.306 e. The minimum Gasteiger partial charge on any atom is -0.463 e. The largest absolute Gasteiger partial charge is 0.463 e. The fraction of sp³-hybridized carbons (Fsp3) is 0.917. The Morgan fingerprint density at radius 3 is 2.64 bits per heavy atom. The van der Waals surface area contributed by atoms with Crippen LogP contribution in [0.4, 0.5) is 0 Å². The lowest BCUT2D eigenvalue weighted by atomic mass is 9.86. The monoisotopic (exact) mass is 196 g/mol. The summed E-state index contributed by atoms with van der Waals surface area (Å²) in [4.78, 5) is 11.5. The summed E-state index contributed by atoms with van der Waals surface area (Å²) in [6, 6.07) is 0. The van der Waals surface area contributed by atoms with Crippen LogP contribution in [-0.4, -0.2) is 12.1 Å². The Bertz CT molecular complexity index is 222. The van der Waals surface area contributed by atoms with E-state index in [1.54, 1.807) is 0 Å². The van der Waals surface area contributed by atoms with Gasteiger partial charge in [-0.15, -0.1) is 0 Å². The lowest BCUT2D eigenvalue weighted by Crippen LogP contribution is -2.19. The normalized spacial score (nSPS) is 35.2. The first-order chi connectivity index (χ1) is 6.65. The number of ether oxygens (including phenoxy) is 1. The van der Waals surface area contributed by atoms with E-state index in [4.69, 9.17) is 4.74 Å². The van der Waals surface area contributed by atoms with E-state index in [-0.39, 0.29) is 12.1 Å². The third kappa shape index (κ3) is 2.10. The molecular weight excluding hydrogens is 176 g/mol. The maximum absolute atomic E-state index is 11.5. The highest BCUT2D eigenvalue weighted by molar-refractivity contribution is 5.70. The van der Waals surface area contributed by atoms with E-state index in [0.717, 1.165) is 11.8 Å². The first kappa shape index (κ1) is 10.0. The van der Waals surface area contributed by atoms with Gasteiger partial charge in [0.15, 0.2) is 0 Å². The predicted octanol–water partition coefficient (Wildman–Crippen LogP) is 2.76. The maximum Gasteiger partial charge on any atom is 0.306 e. The molecule has 2 saturated carbocycles. The molecule has 80 valence electrons. The molecule has 0 heterocycles. The van der Waals surface area contributed by atoms with Crippen LogP contribution in [0.1, 0.15) is 46.0 Å². The average Bonchev–Trinajstić information content (AvgIpc) is 2.62. The lowest BCUT2D eigenvalue weighted by molar-refractivity contribution is -0.148. The van der Waals surface area contributed by atoms with Gasteiger partial charge >= 0.3 is 5.97 Å². The number of rotatable bonds is 3. The summed E-state index contributed by atoms with van der Waals surface area (Å²) in [7, 11) is 0. The van der Waals surface area contributed by atoms with Crippen LogP contribution in [0.5, 0.6) is 0 Å². The molecule has 0 saturated heterocycles. The number of esters is 1. The maximum atomic E-state index is 11.5. The SMILES string of the molecule is CC(C)OC(=O)CC1CC2CCC1C2. The van der Waals surface area contributed by atoms with Crippen molar-refractivity contribution in [2.45, 2.75) is 52.1 Å². The molecule has 2 bridgehead atoms. The van der Waals surface area contributed by atoms with E-state index in [0.29, 0.717) is 12.3 Å². The molecule has 0 radical (unpaired) electrons. The lowest BCUT2D eigenvalue weighted by Gasteiger charge is -2.21. The third-order valence-electron chi connectivity index (χ3n) is 3.68. The van der Waals surface area contributed by atoms with E-state index in [9.17, 15) is 4.79 Å². The van der Waals surface area contributed by atoms with Crippen molar-refractivity contribution in [2.75, 3.05) is 0 Å². The average molecular weight is 196 g/mol. The highest BCUT2D eigenvalue weighted by atomic mass is 16.5. The molecule has 2 nitrogen and oxygen atoms in total. The molecule has 0 aromatic rings. The molecule has 3 unspecified atom stereocenters. The molecule has 2 heteroatoms. The molecule has 0 aliphatic heterocycles. The van der Waals surface area contributed by atoms with Crippen LogP contribution in [0.3, 0.4) is 0 Å². The summed E-state index contributed by atoms with van der Waals surface area (Å²) >= 11 is 0. The van der Waals surface area contributed by atoms with Crippen LogP contribution in [0.2, 0.25) is 0 Å². The number of hydrogen-bond donors (Lipinski definition) is 0. The molecule has 2 aliphatic carbocycles. The van der Waals surface area contributed by atoms with E-state index in [1.165, 1.54) is 25.7 Å². The number of carbonyl (C=O) groups excluding carboxylic acids is 1. The van der Waals surface area contributed by atoms with Gasteiger partial charge in [0.1, 0.15) is 0 Å². The van der Waals surface area contributed by atoms with Crippen LogP contribution >= 0.6 is 0 Å². The van der Waals surface area contributed by atoms with Crippen molar-refractivity contribution < 1.29 is 9.53 Å². The Morgan fingerprint density at radius 1 is 1.36 bits per heavy atom. The molecular formula is C12H20O2. The third-order valence-corrected chi connectivity index (χ3v) is 3.68. The summed E-state index contributed by atoms with van der Waals surface area (Å²) < 4.78 is 5.18. The quantitative estimate of drug-likeness (QED) is 0.649. The fourth-order valence-electron chi connectivity index (χ4n) is 3.15. The van der Waals surface area contributed by atoms with E-state index in [1.807, 2.05) is 13.8 Å². The Kier molecular flexibility index (Phi) is 2.80. The molecule has 0 spiro atoms. The van der Waals surface area contributed by atoms with Crippen molar-refractivity contribution in [1.82, 2.24) is 0 Å². The summed E-state index contributed by atoms with van der Waals surface area (Å²) in [5.74, 6) is 2.41. The summed E-state index contributed by atoms with van der Waals surface area (Å²) in [5.41, 5.74) is 0. The minimum atomic E-state index is 0.0116.